The van der Waals surface area contributed by atoms with Crippen LogP contribution in [0.2, 0.25) is 0 Å². The molecule has 0 atom stereocenters. The average molecular weight is 487 g/mol. The molecule has 2 amide bonds. The number of ether oxygens (including phenoxy) is 3. The molecule has 2 saturated heterocycles. The summed E-state index contributed by atoms with van der Waals surface area (Å²) in [7, 11) is 4.68. The number of nitrogens with zero attached hydrogens (tertiary/aromatic N) is 4. The van der Waals surface area contributed by atoms with E-state index in [1.165, 1.54) is 19.3 Å². The van der Waals surface area contributed by atoms with Crippen molar-refractivity contribution >= 4 is 17.9 Å². The van der Waals surface area contributed by atoms with Crippen molar-refractivity contribution < 1.29 is 23.8 Å². The second-order valence-electron chi connectivity index (χ2n) is 9.36. The lowest BCUT2D eigenvalue weighted by Gasteiger charge is -2.43. The van der Waals surface area contributed by atoms with E-state index < -0.39 is 0 Å². The Kier molecular flexibility index (Phi) is 8.51. The molecule has 1 aromatic carbocycles. The molecule has 0 N–H and O–H groups in total. The molecule has 3 fully saturated rings. The summed E-state index contributed by atoms with van der Waals surface area (Å²) in [5.74, 6) is 1.73. The number of hydrogen-bond acceptors (Lipinski definition) is 7. The maximum Gasteiger partial charge on any atom is 0.246 e. The summed E-state index contributed by atoms with van der Waals surface area (Å²) in [6, 6.07) is 4.37. The number of carbonyl (C=O) groups is 2. The van der Waals surface area contributed by atoms with Crippen molar-refractivity contribution in [2.75, 3.05) is 80.2 Å². The van der Waals surface area contributed by atoms with Gasteiger partial charge in [0, 0.05) is 70.0 Å². The minimum Gasteiger partial charge on any atom is -0.493 e. The third-order valence-corrected chi connectivity index (χ3v) is 7.44. The van der Waals surface area contributed by atoms with Crippen LogP contribution in [0.15, 0.2) is 18.2 Å². The van der Waals surface area contributed by atoms with Crippen molar-refractivity contribution in [1.82, 2.24) is 19.6 Å². The van der Waals surface area contributed by atoms with Crippen molar-refractivity contribution in [3.63, 3.8) is 0 Å². The molecule has 9 nitrogen and oxygen atoms in total. The van der Waals surface area contributed by atoms with E-state index in [1.807, 2.05) is 15.9 Å². The first-order chi connectivity index (χ1) is 17.0. The number of amides is 2. The molecule has 1 aromatic rings. The van der Waals surface area contributed by atoms with Crippen LogP contribution in [0.1, 0.15) is 24.8 Å². The van der Waals surface area contributed by atoms with Crippen LogP contribution in [0.25, 0.3) is 6.08 Å². The highest BCUT2D eigenvalue weighted by Gasteiger charge is 2.30. The minimum atomic E-state index is -0.0556. The minimum absolute atomic E-state index is 0.0556. The van der Waals surface area contributed by atoms with Gasteiger partial charge < -0.3 is 24.0 Å². The molecule has 192 valence electrons. The molecule has 1 aliphatic carbocycles. The lowest BCUT2D eigenvalue weighted by Crippen LogP contribution is -2.56. The van der Waals surface area contributed by atoms with Gasteiger partial charge in [-0.05, 0) is 31.1 Å². The lowest BCUT2D eigenvalue weighted by molar-refractivity contribution is -0.135. The predicted octanol–water partition coefficient (Wildman–Crippen LogP) is 1.57. The maximum atomic E-state index is 12.8. The van der Waals surface area contributed by atoms with E-state index >= 15 is 0 Å². The standard InChI is InChI=1S/C26H38N4O5/c1-33-22-9-7-20(25(34-2)26(22)35-3)8-10-23(31)29-13-11-27(12-14-29)19-24(32)30-17-15-28(16-18-30)21-5-4-6-21/h7-10,21H,4-6,11-19H2,1-3H3/b10-8+. The maximum absolute atomic E-state index is 12.8. The summed E-state index contributed by atoms with van der Waals surface area (Å²) in [5.41, 5.74) is 0.736. The fourth-order valence-corrected chi connectivity index (χ4v) is 5.03. The Morgan fingerprint density at radius 3 is 2.09 bits per heavy atom. The Morgan fingerprint density at radius 1 is 0.857 bits per heavy atom. The fraction of sp³-hybridized carbons (Fsp3) is 0.615. The normalized spacial score (nSPS) is 20.1. The largest absolute Gasteiger partial charge is 0.493 e. The summed E-state index contributed by atoms with van der Waals surface area (Å²) >= 11 is 0. The Labute approximate surface area is 208 Å². The number of hydrogen-bond donors (Lipinski definition) is 0. The van der Waals surface area contributed by atoms with Gasteiger partial charge in [-0.15, -0.1) is 0 Å². The topological polar surface area (TPSA) is 74.8 Å². The van der Waals surface area contributed by atoms with E-state index in [0.717, 1.165) is 37.8 Å². The van der Waals surface area contributed by atoms with Crippen molar-refractivity contribution in [3.05, 3.63) is 23.8 Å². The van der Waals surface area contributed by atoms with Crippen molar-refractivity contribution in [3.8, 4) is 17.2 Å². The van der Waals surface area contributed by atoms with E-state index in [9.17, 15) is 9.59 Å². The first-order valence-corrected chi connectivity index (χ1v) is 12.5. The summed E-state index contributed by atoms with van der Waals surface area (Å²) in [6.07, 6.45) is 7.27. The average Bonchev–Trinajstić information content (AvgIpc) is 2.86. The highest BCUT2D eigenvalue weighted by molar-refractivity contribution is 5.92. The summed E-state index contributed by atoms with van der Waals surface area (Å²) in [4.78, 5) is 34.1. The van der Waals surface area contributed by atoms with Crippen LogP contribution in [0.3, 0.4) is 0 Å². The molecule has 4 rings (SSSR count). The van der Waals surface area contributed by atoms with Crippen LogP contribution in [0.4, 0.5) is 0 Å². The molecule has 0 unspecified atom stereocenters. The van der Waals surface area contributed by atoms with E-state index in [0.29, 0.717) is 50.0 Å². The van der Waals surface area contributed by atoms with E-state index in [1.54, 1.807) is 39.5 Å². The predicted molar refractivity (Wildman–Crippen MR) is 134 cm³/mol. The molecule has 0 radical (unpaired) electrons. The van der Waals surface area contributed by atoms with Gasteiger partial charge >= 0.3 is 0 Å². The first kappa shape index (κ1) is 25.3. The van der Waals surface area contributed by atoms with Gasteiger partial charge in [-0.1, -0.05) is 6.42 Å². The highest BCUT2D eigenvalue weighted by Crippen LogP contribution is 2.40. The SMILES string of the molecule is COc1ccc(/C=C/C(=O)N2CCN(CC(=O)N3CCN(C4CCC4)CC3)CC2)c(OC)c1OC. The van der Waals surface area contributed by atoms with Gasteiger partial charge in [0.25, 0.3) is 0 Å². The van der Waals surface area contributed by atoms with E-state index in [-0.39, 0.29) is 11.8 Å². The highest BCUT2D eigenvalue weighted by atomic mass is 16.5. The van der Waals surface area contributed by atoms with Crippen LogP contribution in [-0.4, -0.2) is 118 Å². The molecular weight excluding hydrogens is 448 g/mol. The van der Waals surface area contributed by atoms with Gasteiger partial charge in [-0.25, -0.2) is 0 Å². The molecular formula is C26H38N4O5. The van der Waals surface area contributed by atoms with Crippen LogP contribution in [-0.2, 0) is 9.59 Å². The molecule has 9 heteroatoms. The quantitative estimate of drug-likeness (QED) is 0.517. The smallest absolute Gasteiger partial charge is 0.246 e. The number of piperazine rings is 2. The first-order valence-electron chi connectivity index (χ1n) is 12.5. The van der Waals surface area contributed by atoms with Gasteiger partial charge in [0.2, 0.25) is 17.6 Å². The second kappa shape index (κ2) is 11.8. The van der Waals surface area contributed by atoms with Crippen molar-refractivity contribution in [2.45, 2.75) is 25.3 Å². The monoisotopic (exact) mass is 486 g/mol. The third-order valence-electron chi connectivity index (χ3n) is 7.44. The second-order valence-corrected chi connectivity index (χ2v) is 9.36. The lowest BCUT2D eigenvalue weighted by atomic mass is 9.91. The van der Waals surface area contributed by atoms with Gasteiger partial charge in [0.05, 0.1) is 27.9 Å². The van der Waals surface area contributed by atoms with E-state index in [2.05, 4.69) is 9.80 Å². The zero-order chi connectivity index (χ0) is 24.8. The number of benzene rings is 1. The molecule has 0 bridgehead atoms. The molecule has 0 aromatic heterocycles. The Morgan fingerprint density at radius 2 is 1.51 bits per heavy atom. The van der Waals surface area contributed by atoms with Crippen LogP contribution in [0.5, 0.6) is 17.2 Å². The Hall–Kier alpha value is -2.78. The molecule has 35 heavy (non-hydrogen) atoms. The van der Waals surface area contributed by atoms with Crippen LogP contribution in [0, 0.1) is 0 Å². The number of methoxy groups -OCH3 is 3. The summed E-state index contributed by atoms with van der Waals surface area (Å²) < 4.78 is 16.2. The zero-order valence-corrected chi connectivity index (χ0v) is 21.2. The van der Waals surface area contributed by atoms with E-state index in [4.69, 9.17) is 14.2 Å². The molecule has 0 spiro atoms. The Balaban J connectivity index is 1.24. The molecule has 2 aliphatic heterocycles. The zero-order valence-electron chi connectivity index (χ0n) is 21.2. The van der Waals surface area contributed by atoms with Gasteiger partial charge in [0.15, 0.2) is 11.5 Å². The van der Waals surface area contributed by atoms with Crippen LogP contribution >= 0.6 is 0 Å². The number of carbonyl (C=O) groups excluding carboxylic acids is 2. The van der Waals surface area contributed by atoms with Crippen molar-refractivity contribution in [1.29, 1.82) is 0 Å². The molecule has 2 heterocycles. The van der Waals surface area contributed by atoms with Crippen LogP contribution < -0.4 is 14.2 Å². The molecule has 1 saturated carbocycles. The third kappa shape index (κ3) is 5.90. The summed E-state index contributed by atoms with van der Waals surface area (Å²) in [5, 5.41) is 0. The number of rotatable bonds is 8. The molecule has 3 aliphatic rings. The fourth-order valence-electron chi connectivity index (χ4n) is 5.03. The van der Waals surface area contributed by atoms with Gasteiger partial charge in [0.1, 0.15) is 0 Å². The van der Waals surface area contributed by atoms with Crippen molar-refractivity contribution in [2.24, 2.45) is 0 Å². The van der Waals surface area contributed by atoms with Gasteiger partial charge in [-0.3, -0.25) is 19.4 Å². The Bertz CT molecular complexity index is 917. The summed E-state index contributed by atoms with van der Waals surface area (Å²) in [6.45, 7) is 6.70. The van der Waals surface area contributed by atoms with Gasteiger partial charge in [-0.2, -0.15) is 0 Å².